The number of amides is 1. The minimum absolute atomic E-state index is 0.277. The third-order valence-electron chi connectivity index (χ3n) is 3.75. The first-order valence-electron chi connectivity index (χ1n) is 7.90. The van der Waals surface area contributed by atoms with Crippen molar-refractivity contribution in [3.63, 3.8) is 0 Å². The van der Waals surface area contributed by atoms with Crippen LogP contribution in [0.1, 0.15) is 12.5 Å². The van der Waals surface area contributed by atoms with Gasteiger partial charge in [0.1, 0.15) is 12.2 Å². The molecule has 1 atom stereocenters. The molecule has 0 aliphatic rings. The second kappa shape index (κ2) is 8.18. The third-order valence-corrected chi connectivity index (χ3v) is 3.75. The van der Waals surface area contributed by atoms with Crippen molar-refractivity contribution in [2.75, 3.05) is 11.9 Å². The number of carbonyl (C=O) groups is 1. The summed E-state index contributed by atoms with van der Waals surface area (Å²) in [6.45, 7) is -0.289. The van der Waals surface area contributed by atoms with Gasteiger partial charge in [0.15, 0.2) is 23.0 Å². The van der Waals surface area contributed by atoms with E-state index in [0.717, 1.165) is 13.0 Å². The van der Waals surface area contributed by atoms with Crippen LogP contribution in [0.15, 0.2) is 30.3 Å². The van der Waals surface area contributed by atoms with Crippen molar-refractivity contribution in [2.24, 2.45) is 0 Å². The zero-order valence-electron chi connectivity index (χ0n) is 14.9. The zero-order chi connectivity index (χ0) is 22.9. The topological polar surface area (TPSA) is 102 Å². The van der Waals surface area contributed by atoms with Crippen LogP contribution in [-0.4, -0.2) is 28.1 Å². The molecule has 2 rings (SSSR count). The molecule has 0 radical (unpaired) electrons. The summed E-state index contributed by atoms with van der Waals surface area (Å²) in [6.07, 6.45) is -5.11. The Kier molecular flexibility index (Phi) is 6.25. The maximum absolute atomic E-state index is 13.6. The fourth-order valence-corrected chi connectivity index (χ4v) is 2.18. The molecule has 2 aromatic rings. The van der Waals surface area contributed by atoms with Crippen LogP contribution < -0.4 is 10.1 Å². The summed E-state index contributed by atoms with van der Waals surface area (Å²) in [7, 11) is 0. The van der Waals surface area contributed by atoms with Gasteiger partial charge in [-0.1, -0.05) is 0 Å². The van der Waals surface area contributed by atoms with Gasteiger partial charge in [-0.05, 0) is 31.2 Å². The van der Waals surface area contributed by atoms with E-state index in [4.69, 9.17) is 0 Å². The molecule has 2 aromatic carbocycles. The molecule has 0 aliphatic carbocycles. The minimum atomic E-state index is -5.11. The molecule has 0 spiro atoms. The zero-order valence-corrected chi connectivity index (χ0v) is 14.9. The van der Waals surface area contributed by atoms with Crippen LogP contribution in [-0.2, 0) is 11.0 Å². The molecule has 2 N–H and O–H groups in total. The van der Waals surface area contributed by atoms with Gasteiger partial charge in [0, 0.05) is 11.8 Å². The van der Waals surface area contributed by atoms with Gasteiger partial charge in [-0.3, -0.25) is 14.9 Å². The monoisotopic (exact) mass is 438 g/mol. The highest BCUT2D eigenvalue weighted by Gasteiger charge is 2.39. The van der Waals surface area contributed by atoms with Gasteiger partial charge in [-0.25, -0.2) is 8.78 Å². The van der Waals surface area contributed by atoms with Crippen molar-refractivity contribution in [1.29, 1.82) is 0 Å². The van der Waals surface area contributed by atoms with Gasteiger partial charge < -0.3 is 15.2 Å². The summed E-state index contributed by atoms with van der Waals surface area (Å²) in [6, 6.07) is 2.58. The largest absolute Gasteiger partial charge is 0.484 e. The van der Waals surface area contributed by atoms with E-state index < -0.39 is 69.4 Å². The highest BCUT2D eigenvalue weighted by molar-refractivity contribution is 5.97. The van der Waals surface area contributed by atoms with E-state index in [1.165, 1.54) is 0 Å². The number of nitro groups is 1. The minimum Gasteiger partial charge on any atom is -0.484 e. The quantitative estimate of drug-likeness (QED) is 0.309. The van der Waals surface area contributed by atoms with Crippen LogP contribution >= 0.6 is 0 Å². The molecule has 0 fully saturated rings. The van der Waals surface area contributed by atoms with Crippen LogP contribution in [0.25, 0.3) is 0 Å². The summed E-state index contributed by atoms with van der Waals surface area (Å²) in [5.74, 6) is -7.06. The van der Waals surface area contributed by atoms with E-state index in [1.807, 2.05) is 5.32 Å². The van der Waals surface area contributed by atoms with E-state index >= 15 is 0 Å². The Morgan fingerprint density at radius 2 is 1.77 bits per heavy atom. The summed E-state index contributed by atoms with van der Waals surface area (Å²) >= 11 is 0. The average Bonchev–Trinajstić information content (AvgIpc) is 2.63. The lowest BCUT2D eigenvalue weighted by Crippen LogP contribution is -2.45. The standard InChI is InChI=1S/C17H12F6N2O5/c1-16(27,7-30-14-11(19)4-3-10(18)13(14)20)15(26)24-8-2-5-12(25(28)29)9(6-8)17(21,22)23/h2-6,27H,7H2,1H3,(H,24,26)/t16-/m0/s1. The molecule has 13 heteroatoms. The van der Waals surface area contributed by atoms with Crippen LogP contribution in [0.4, 0.5) is 37.7 Å². The number of nitrogens with zero attached hydrogens (tertiary/aromatic N) is 1. The number of carbonyl (C=O) groups excluding carboxylic acids is 1. The van der Waals surface area contributed by atoms with Crippen molar-refractivity contribution >= 4 is 17.3 Å². The molecule has 0 heterocycles. The molecule has 0 bridgehead atoms. The first-order chi connectivity index (χ1) is 13.7. The Morgan fingerprint density at radius 3 is 2.33 bits per heavy atom. The van der Waals surface area contributed by atoms with Crippen molar-refractivity contribution in [1.82, 2.24) is 0 Å². The molecule has 0 aromatic heterocycles. The Bertz CT molecular complexity index is 993. The summed E-state index contributed by atoms with van der Waals surface area (Å²) in [5.41, 5.74) is -6.00. The molecule has 0 aliphatic heterocycles. The average molecular weight is 438 g/mol. The number of aliphatic hydroxyl groups is 1. The lowest BCUT2D eigenvalue weighted by Gasteiger charge is -2.23. The second-order valence-corrected chi connectivity index (χ2v) is 6.18. The van der Waals surface area contributed by atoms with E-state index in [0.29, 0.717) is 18.2 Å². The number of nitrogens with one attached hydrogen (secondary N) is 1. The van der Waals surface area contributed by atoms with Crippen molar-refractivity contribution in [3.05, 3.63) is 63.5 Å². The molecule has 30 heavy (non-hydrogen) atoms. The normalized spacial score (nSPS) is 13.5. The number of ether oxygens (including phenoxy) is 1. The second-order valence-electron chi connectivity index (χ2n) is 6.18. The summed E-state index contributed by atoms with van der Waals surface area (Å²) in [5, 5.41) is 22.7. The maximum Gasteiger partial charge on any atom is 0.423 e. The molecule has 0 saturated carbocycles. The van der Waals surface area contributed by atoms with Crippen molar-refractivity contribution in [3.8, 4) is 5.75 Å². The summed E-state index contributed by atoms with van der Waals surface area (Å²) in [4.78, 5) is 21.6. The molecular weight excluding hydrogens is 426 g/mol. The SMILES string of the molecule is C[C@](O)(COc1c(F)ccc(F)c1F)C(=O)Nc1ccc([N+](=O)[O-])c(C(F)(F)F)c1. The van der Waals surface area contributed by atoms with Gasteiger partial charge >= 0.3 is 6.18 Å². The van der Waals surface area contributed by atoms with Gasteiger partial charge in [-0.2, -0.15) is 17.6 Å². The predicted molar refractivity (Wildman–Crippen MR) is 89.2 cm³/mol. The Labute approximate surface area is 164 Å². The third kappa shape index (κ3) is 4.97. The van der Waals surface area contributed by atoms with Gasteiger partial charge in [0.05, 0.1) is 4.92 Å². The molecular formula is C17H12F6N2O5. The molecule has 0 unspecified atom stereocenters. The van der Waals surface area contributed by atoms with E-state index in [1.54, 1.807) is 0 Å². The lowest BCUT2D eigenvalue weighted by molar-refractivity contribution is -0.388. The lowest BCUT2D eigenvalue weighted by atomic mass is 10.1. The van der Waals surface area contributed by atoms with Crippen molar-refractivity contribution in [2.45, 2.75) is 18.7 Å². The highest BCUT2D eigenvalue weighted by Crippen LogP contribution is 2.37. The van der Waals surface area contributed by atoms with Gasteiger partial charge in [-0.15, -0.1) is 0 Å². The Balaban J connectivity index is 2.21. The fourth-order valence-electron chi connectivity index (χ4n) is 2.18. The van der Waals surface area contributed by atoms with Crippen LogP contribution in [0, 0.1) is 27.6 Å². The number of hydrogen-bond acceptors (Lipinski definition) is 5. The molecule has 162 valence electrons. The van der Waals surface area contributed by atoms with E-state index in [-0.39, 0.29) is 6.07 Å². The van der Waals surface area contributed by atoms with Gasteiger partial charge in [0.25, 0.3) is 11.6 Å². The fraction of sp³-hybridized carbons (Fsp3) is 0.235. The molecule has 0 saturated heterocycles. The molecule has 1 amide bonds. The number of alkyl halides is 3. The maximum atomic E-state index is 13.6. The first kappa shape index (κ1) is 22.9. The smallest absolute Gasteiger partial charge is 0.423 e. The highest BCUT2D eigenvalue weighted by atomic mass is 19.4. The number of benzene rings is 2. The molecule has 7 nitrogen and oxygen atoms in total. The number of halogens is 6. The van der Waals surface area contributed by atoms with E-state index in [2.05, 4.69) is 4.74 Å². The Morgan fingerprint density at radius 1 is 1.17 bits per heavy atom. The number of rotatable bonds is 6. The van der Waals surface area contributed by atoms with Crippen LogP contribution in [0.2, 0.25) is 0 Å². The number of hydrogen-bond donors (Lipinski definition) is 2. The van der Waals surface area contributed by atoms with E-state index in [9.17, 15) is 46.4 Å². The first-order valence-corrected chi connectivity index (χ1v) is 7.90. The number of nitro benzene ring substituents is 1. The van der Waals surface area contributed by atoms with Crippen LogP contribution in [0.5, 0.6) is 5.75 Å². The Hall–Kier alpha value is -3.35. The van der Waals surface area contributed by atoms with Crippen molar-refractivity contribution < 1.29 is 45.9 Å². The van der Waals surface area contributed by atoms with Gasteiger partial charge in [0.2, 0.25) is 5.82 Å². The summed E-state index contributed by atoms with van der Waals surface area (Å²) < 4.78 is 83.8. The van der Waals surface area contributed by atoms with Crippen LogP contribution in [0.3, 0.4) is 0 Å². The predicted octanol–water partition coefficient (Wildman–Crippen LogP) is 3.80. The number of anilines is 1.